The summed E-state index contributed by atoms with van der Waals surface area (Å²) < 4.78 is 7.81. The Bertz CT molecular complexity index is 661. The summed E-state index contributed by atoms with van der Waals surface area (Å²) in [6, 6.07) is 0. The SMILES string of the molecule is [N-]=[N+]=NCC[C@@H]1CC[C@H](n2cnc3c(N)ncnc32)O1. The van der Waals surface area contributed by atoms with Gasteiger partial charge in [-0.2, -0.15) is 0 Å². The fourth-order valence-corrected chi connectivity index (χ4v) is 2.43. The van der Waals surface area contributed by atoms with Crippen molar-refractivity contribution in [1.29, 1.82) is 0 Å². The topological polar surface area (TPSA) is 128 Å². The molecule has 0 spiro atoms. The van der Waals surface area contributed by atoms with Gasteiger partial charge in [-0.3, -0.25) is 4.57 Å². The number of aromatic nitrogens is 4. The van der Waals surface area contributed by atoms with E-state index in [0.717, 1.165) is 19.3 Å². The van der Waals surface area contributed by atoms with Gasteiger partial charge in [0.15, 0.2) is 11.5 Å². The van der Waals surface area contributed by atoms with Gasteiger partial charge >= 0.3 is 0 Å². The zero-order valence-corrected chi connectivity index (χ0v) is 10.8. The molecule has 2 N–H and O–H groups in total. The second-order valence-corrected chi connectivity index (χ2v) is 4.62. The van der Waals surface area contributed by atoms with Crippen molar-refractivity contribution in [3.05, 3.63) is 23.1 Å². The summed E-state index contributed by atoms with van der Waals surface area (Å²) in [7, 11) is 0. The van der Waals surface area contributed by atoms with Crippen LogP contribution in [0.1, 0.15) is 25.5 Å². The van der Waals surface area contributed by atoms with Crippen molar-refractivity contribution in [1.82, 2.24) is 19.5 Å². The van der Waals surface area contributed by atoms with Crippen LogP contribution in [0.5, 0.6) is 0 Å². The first-order valence-corrected chi connectivity index (χ1v) is 6.39. The van der Waals surface area contributed by atoms with E-state index < -0.39 is 0 Å². The molecule has 0 aliphatic carbocycles. The van der Waals surface area contributed by atoms with E-state index in [1.807, 2.05) is 4.57 Å². The van der Waals surface area contributed by atoms with Gasteiger partial charge in [-0.15, -0.1) is 0 Å². The van der Waals surface area contributed by atoms with Crippen LogP contribution in [0, 0.1) is 0 Å². The molecule has 2 aromatic heterocycles. The van der Waals surface area contributed by atoms with Crippen LogP contribution in [-0.4, -0.2) is 32.2 Å². The smallest absolute Gasteiger partial charge is 0.167 e. The Labute approximate surface area is 114 Å². The third kappa shape index (κ3) is 2.24. The Balaban J connectivity index is 1.76. The Morgan fingerprint density at radius 1 is 1.45 bits per heavy atom. The first-order valence-electron chi connectivity index (χ1n) is 6.39. The molecule has 0 aromatic carbocycles. The highest BCUT2D eigenvalue weighted by molar-refractivity contribution is 5.81. The van der Waals surface area contributed by atoms with Crippen LogP contribution in [0.4, 0.5) is 5.82 Å². The fourth-order valence-electron chi connectivity index (χ4n) is 2.43. The zero-order chi connectivity index (χ0) is 13.9. The average molecular weight is 274 g/mol. The van der Waals surface area contributed by atoms with Crippen LogP contribution in [0.25, 0.3) is 21.6 Å². The predicted molar refractivity (Wildman–Crippen MR) is 71.5 cm³/mol. The largest absolute Gasteiger partial charge is 0.382 e. The third-order valence-electron chi connectivity index (χ3n) is 3.40. The molecule has 1 aliphatic rings. The number of nitrogens with two attached hydrogens (primary N) is 1. The van der Waals surface area contributed by atoms with E-state index in [0.29, 0.717) is 23.5 Å². The molecule has 0 amide bonds. The van der Waals surface area contributed by atoms with E-state index in [1.54, 1.807) is 6.33 Å². The number of rotatable bonds is 4. The quantitative estimate of drug-likeness (QED) is 0.516. The molecule has 9 heteroatoms. The molecule has 0 radical (unpaired) electrons. The molecule has 104 valence electrons. The highest BCUT2D eigenvalue weighted by Crippen LogP contribution is 2.32. The van der Waals surface area contributed by atoms with Gasteiger partial charge in [-0.1, -0.05) is 5.11 Å². The van der Waals surface area contributed by atoms with Crippen LogP contribution in [0.15, 0.2) is 17.8 Å². The maximum absolute atomic E-state index is 8.27. The van der Waals surface area contributed by atoms with Crippen LogP contribution in [0.2, 0.25) is 0 Å². The summed E-state index contributed by atoms with van der Waals surface area (Å²) >= 11 is 0. The van der Waals surface area contributed by atoms with Crippen molar-refractivity contribution < 1.29 is 4.74 Å². The summed E-state index contributed by atoms with van der Waals surface area (Å²) in [6.45, 7) is 0.452. The van der Waals surface area contributed by atoms with E-state index in [9.17, 15) is 0 Å². The maximum atomic E-state index is 8.27. The Morgan fingerprint density at radius 2 is 2.35 bits per heavy atom. The normalized spacial score (nSPS) is 22.0. The number of azide groups is 1. The number of hydrogen-bond donors (Lipinski definition) is 1. The average Bonchev–Trinajstić information content (AvgIpc) is 3.06. The number of nitrogens with zero attached hydrogens (tertiary/aromatic N) is 7. The number of fused-ring (bicyclic) bond motifs is 1. The molecule has 2 aromatic rings. The lowest BCUT2D eigenvalue weighted by atomic mass is 10.2. The molecule has 20 heavy (non-hydrogen) atoms. The number of ether oxygens (including phenoxy) is 1. The highest BCUT2D eigenvalue weighted by Gasteiger charge is 2.27. The monoisotopic (exact) mass is 274 g/mol. The first kappa shape index (κ1) is 12.6. The molecular weight excluding hydrogens is 260 g/mol. The van der Waals surface area contributed by atoms with Crippen molar-refractivity contribution in [2.45, 2.75) is 31.6 Å². The van der Waals surface area contributed by atoms with Crippen LogP contribution < -0.4 is 5.73 Å². The molecule has 0 unspecified atom stereocenters. The molecule has 1 fully saturated rings. The summed E-state index contributed by atoms with van der Waals surface area (Å²) in [5.41, 5.74) is 15.3. The molecule has 3 rings (SSSR count). The van der Waals surface area contributed by atoms with Crippen molar-refractivity contribution in [2.75, 3.05) is 12.3 Å². The van der Waals surface area contributed by atoms with Gasteiger partial charge in [0.25, 0.3) is 0 Å². The molecule has 1 aliphatic heterocycles. The summed E-state index contributed by atoms with van der Waals surface area (Å²) in [5, 5.41) is 3.53. The van der Waals surface area contributed by atoms with Crippen LogP contribution in [-0.2, 0) is 4.74 Å². The lowest BCUT2D eigenvalue weighted by Crippen LogP contribution is -2.12. The minimum atomic E-state index is -0.106. The predicted octanol–water partition coefficient (Wildman–Crippen LogP) is 1.79. The third-order valence-corrected chi connectivity index (χ3v) is 3.40. The molecule has 9 nitrogen and oxygen atoms in total. The Morgan fingerprint density at radius 3 is 3.20 bits per heavy atom. The lowest BCUT2D eigenvalue weighted by Gasteiger charge is -2.14. The second-order valence-electron chi connectivity index (χ2n) is 4.62. The number of imidazole rings is 1. The van der Waals surface area contributed by atoms with E-state index in [4.69, 9.17) is 16.0 Å². The first-order chi connectivity index (χ1) is 9.79. The lowest BCUT2D eigenvalue weighted by molar-refractivity contribution is 0.00188. The molecule has 1 saturated heterocycles. The maximum Gasteiger partial charge on any atom is 0.167 e. The summed E-state index contributed by atoms with van der Waals surface area (Å²) in [4.78, 5) is 15.1. The van der Waals surface area contributed by atoms with E-state index in [-0.39, 0.29) is 12.3 Å². The molecule has 0 saturated carbocycles. The van der Waals surface area contributed by atoms with Crippen LogP contribution in [0.3, 0.4) is 0 Å². The number of anilines is 1. The van der Waals surface area contributed by atoms with Crippen molar-refractivity contribution in [2.24, 2.45) is 5.11 Å². The van der Waals surface area contributed by atoms with Gasteiger partial charge in [0.05, 0.1) is 12.4 Å². The van der Waals surface area contributed by atoms with Crippen molar-refractivity contribution >= 4 is 17.0 Å². The standard InChI is InChI=1S/C11H14N8O/c12-10-9-11(15-5-14-10)19(6-16-9)8-2-1-7(20-8)3-4-17-18-13/h5-8H,1-4H2,(H2,12,14,15)/t7-,8+/m0/s1. The Hall–Kier alpha value is -2.38. The summed E-state index contributed by atoms with van der Waals surface area (Å²) in [5.74, 6) is 0.367. The van der Waals surface area contributed by atoms with Gasteiger partial charge < -0.3 is 10.5 Å². The van der Waals surface area contributed by atoms with Gasteiger partial charge in [-0.05, 0) is 24.8 Å². The fraction of sp³-hybridized carbons (Fsp3) is 0.545. The minimum Gasteiger partial charge on any atom is -0.382 e. The number of nitrogen functional groups attached to an aromatic ring is 1. The molecular formula is C11H14N8O. The van der Waals surface area contributed by atoms with Crippen molar-refractivity contribution in [3.8, 4) is 0 Å². The molecule has 0 bridgehead atoms. The Kier molecular flexibility index (Phi) is 3.36. The minimum absolute atomic E-state index is 0.0992. The highest BCUT2D eigenvalue weighted by atomic mass is 16.5. The van der Waals surface area contributed by atoms with Gasteiger partial charge in [-0.25, -0.2) is 15.0 Å². The second kappa shape index (κ2) is 5.32. The zero-order valence-electron chi connectivity index (χ0n) is 10.8. The molecule has 3 heterocycles. The number of hydrogen-bond acceptors (Lipinski definition) is 6. The van der Waals surface area contributed by atoms with Crippen LogP contribution >= 0.6 is 0 Å². The van der Waals surface area contributed by atoms with Crippen molar-refractivity contribution in [3.63, 3.8) is 0 Å². The van der Waals surface area contributed by atoms with E-state index in [1.165, 1.54) is 6.33 Å². The van der Waals surface area contributed by atoms with E-state index in [2.05, 4.69) is 25.0 Å². The van der Waals surface area contributed by atoms with Gasteiger partial charge in [0.1, 0.15) is 18.1 Å². The van der Waals surface area contributed by atoms with E-state index >= 15 is 0 Å². The summed E-state index contributed by atoms with van der Waals surface area (Å²) in [6.07, 6.45) is 5.61. The molecule has 2 atom stereocenters. The van der Waals surface area contributed by atoms with Gasteiger partial charge in [0.2, 0.25) is 0 Å². The van der Waals surface area contributed by atoms with Gasteiger partial charge in [0, 0.05) is 11.5 Å².